The van der Waals surface area contributed by atoms with Crippen LogP contribution in [0.15, 0.2) is 0 Å². The van der Waals surface area contributed by atoms with Gasteiger partial charge in [0.2, 0.25) is 0 Å². The Morgan fingerprint density at radius 1 is 1.24 bits per heavy atom. The van der Waals surface area contributed by atoms with Crippen LogP contribution in [0.1, 0.15) is 38.5 Å². The van der Waals surface area contributed by atoms with Crippen molar-refractivity contribution >= 4 is 0 Å². The highest BCUT2D eigenvalue weighted by Crippen LogP contribution is 2.24. The first-order valence-corrected chi connectivity index (χ1v) is 7.11. The van der Waals surface area contributed by atoms with Crippen molar-refractivity contribution in [2.24, 2.45) is 11.8 Å². The normalized spacial score (nSPS) is 35.4. The first-order valence-electron chi connectivity index (χ1n) is 7.11. The van der Waals surface area contributed by atoms with E-state index in [1.165, 1.54) is 45.2 Å². The molecule has 1 aliphatic heterocycles. The van der Waals surface area contributed by atoms with Crippen molar-refractivity contribution in [1.82, 2.24) is 10.2 Å². The van der Waals surface area contributed by atoms with Crippen molar-refractivity contribution in [3.8, 4) is 6.07 Å². The van der Waals surface area contributed by atoms with E-state index in [0.717, 1.165) is 18.9 Å². The van der Waals surface area contributed by atoms with Crippen molar-refractivity contribution in [1.29, 1.82) is 5.26 Å². The Balaban J connectivity index is 1.74. The Hall–Kier alpha value is -0.590. The smallest absolute Gasteiger partial charge is 0.0672 e. The summed E-state index contributed by atoms with van der Waals surface area (Å²) in [6.07, 6.45) is 7.50. The van der Waals surface area contributed by atoms with Gasteiger partial charge in [0.1, 0.15) is 0 Å². The fourth-order valence-corrected chi connectivity index (χ4v) is 3.29. The predicted octanol–water partition coefficient (Wildman–Crippen LogP) is 2.00. The summed E-state index contributed by atoms with van der Waals surface area (Å²) in [5.74, 6) is 1.04. The summed E-state index contributed by atoms with van der Waals surface area (Å²) < 4.78 is 0. The molecule has 0 spiro atoms. The molecule has 0 aromatic heterocycles. The topological polar surface area (TPSA) is 39.1 Å². The van der Waals surface area contributed by atoms with Crippen LogP contribution in [0.4, 0.5) is 0 Å². The van der Waals surface area contributed by atoms with Crippen molar-refractivity contribution in [2.75, 3.05) is 26.7 Å². The molecule has 0 aromatic carbocycles. The van der Waals surface area contributed by atoms with Crippen LogP contribution < -0.4 is 5.32 Å². The van der Waals surface area contributed by atoms with E-state index in [-0.39, 0.29) is 5.92 Å². The van der Waals surface area contributed by atoms with E-state index in [1.807, 2.05) is 0 Å². The fraction of sp³-hybridized carbons (Fsp3) is 0.929. The molecule has 1 aliphatic carbocycles. The van der Waals surface area contributed by atoms with E-state index in [2.05, 4.69) is 23.3 Å². The monoisotopic (exact) mass is 235 g/mol. The number of piperidine rings is 1. The minimum Gasteiger partial charge on any atom is -0.312 e. The van der Waals surface area contributed by atoms with Gasteiger partial charge in [-0.3, -0.25) is 0 Å². The van der Waals surface area contributed by atoms with Crippen LogP contribution in [0.25, 0.3) is 0 Å². The largest absolute Gasteiger partial charge is 0.312 e. The van der Waals surface area contributed by atoms with Gasteiger partial charge in [-0.25, -0.2) is 0 Å². The van der Waals surface area contributed by atoms with Crippen LogP contribution in [-0.2, 0) is 0 Å². The molecule has 1 saturated heterocycles. The number of nitriles is 1. The lowest BCUT2D eigenvalue weighted by atomic mass is 9.85. The third kappa shape index (κ3) is 3.69. The quantitative estimate of drug-likeness (QED) is 0.813. The Bertz CT molecular complexity index is 271. The summed E-state index contributed by atoms with van der Waals surface area (Å²) in [5, 5.41) is 12.8. The van der Waals surface area contributed by atoms with Gasteiger partial charge in [0.05, 0.1) is 12.0 Å². The number of nitrogens with one attached hydrogen (secondary N) is 1. The zero-order valence-corrected chi connectivity index (χ0v) is 11.0. The molecule has 2 rings (SSSR count). The maximum absolute atomic E-state index is 9.14. The van der Waals surface area contributed by atoms with Gasteiger partial charge >= 0.3 is 0 Å². The minimum absolute atomic E-state index is 0.255. The molecule has 2 aliphatic rings. The van der Waals surface area contributed by atoms with Gasteiger partial charge in [-0.1, -0.05) is 12.8 Å². The van der Waals surface area contributed by atoms with E-state index < -0.39 is 0 Å². The first kappa shape index (κ1) is 12.9. The average molecular weight is 235 g/mol. The van der Waals surface area contributed by atoms with Gasteiger partial charge in [-0.05, 0) is 51.7 Å². The number of hydrogen-bond donors (Lipinski definition) is 1. The third-order valence-corrected chi connectivity index (χ3v) is 4.32. The average Bonchev–Trinajstić information content (AvgIpc) is 2.37. The molecule has 17 heavy (non-hydrogen) atoms. The van der Waals surface area contributed by atoms with E-state index in [1.54, 1.807) is 0 Å². The van der Waals surface area contributed by atoms with E-state index >= 15 is 0 Å². The van der Waals surface area contributed by atoms with E-state index in [9.17, 15) is 0 Å². The lowest BCUT2D eigenvalue weighted by Crippen LogP contribution is -2.44. The molecular weight excluding hydrogens is 210 g/mol. The zero-order valence-electron chi connectivity index (χ0n) is 11.0. The van der Waals surface area contributed by atoms with Crippen LogP contribution in [0.5, 0.6) is 0 Å². The summed E-state index contributed by atoms with van der Waals surface area (Å²) in [5.41, 5.74) is 0. The van der Waals surface area contributed by atoms with E-state index in [4.69, 9.17) is 5.26 Å². The summed E-state index contributed by atoms with van der Waals surface area (Å²) in [6, 6.07) is 2.94. The molecule has 3 nitrogen and oxygen atoms in total. The Kier molecular flexibility index (Phi) is 4.82. The molecule has 0 aromatic rings. The highest BCUT2D eigenvalue weighted by atomic mass is 15.1. The molecule has 0 bridgehead atoms. The summed E-state index contributed by atoms with van der Waals surface area (Å²) in [4.78, 5) is 2.43. The highest BCUT2D eigenvalue weighted by molar-refractivity contribution is 4.94. The van der Waals surface area contributed by atoms with Crippen LogP contribution in [0.3, 0.4) is 0 Å². The Morgan fingerprint density at radius 3 is 2.82 bits per heavy atom. The number of likely N-dealkylation sites (tertiary alicyclic amines) is 1. The number of rotatable bonds is 3. The standard InChI is InChI=1S/C14H25N3/c1-17-8-4-5-12(11-17)10-16-14-7-3-2-6-13(14)9-15/h12-14,16H,2-8,10-11H2,1H3. The Morgan fingerprint density at radius 2 is 2.06 bits per heavy atom. The maximum atomic E-state index is 9.14. The summed E-state index contributed by atoms with van der Waals surface area (Å²) in [6.45, 7) is 3.57. The van der Waals surface area contributed by atoms with Gasteiger partial charge < -0.3 is 10.2 Å². The molecule has 96 valence electrons. The molecule has 2 fully saturated rings. The van der Waals surface area contributed by atoms with Gasteiger partial charge in [0.25, 0.3) is 0 Å². The second kappa shape index (κ2) is 6.37. The molecule has 3 heteroatoms. The van der Waals surface area contributed by atoms with Crippen molar-refractivity contribution in [2.45, 2.75) is 44.6 Å². The van der Waals surface area contributed by atoms with Crippen LogP contribution >= 0.6 is 0 Å². The van der Waals surface area contributed by atoms with Crippen LogP contribution in [-0.4, -0.2) is 37.6 Å². The second-order valence-electron chi connectivity index (χ2n) is 5.81. The Labute approximate surface area is 105 Å². The lowest BCUT2D eigenvalue weighted by molar-refractivity contribution is 0.194. The molecule has 0 amide bonds. The summed E-state index contributed by atoms with van der Waals surface area (Å²) >= 11 is 0. The predicted molar refractivity (Wildman–Crippen MR) is 69.6 cm³/mol. The lowest BCUT2D eigenvalue weighted by Gasteiger charge is -2.33. The highest BCUT2D eigenvalue weighted by Gasteiger charge is 2.25. The maximum Gasteiger partial charge on any atom is 0.0672 e. The SMILES string of the molecule is CN1CCCC(CNC2CCCCC2C#N)C1. The van der Waals surface area contributed by atoms with Crippen molar-refractivity contribution < 1.29 is 0 Å². The molecular formula is C14H25N3. The molecule has 1 saturated carbocycles. The van der Waals surface area contributed by atoms with Gasteiger partial charge in [0.15, 0.2) is 0 Å². The van der Waals surface area contributed by atoms with Crippen LogP contribution in [0.2, 0.25) is 0 Å². The van der Waals surface area contributed by atoms with Crippen molar-refractivity contribution in [3.63, 3.8) is 0 Å². The first-order chi connectivity index (χ1) is 8.29. The molecule has 1 heterocycles. The number of hydrogen-bond acceptors (Lipinski definition) is 3. The molecule has 3 atom stereocenters. The molecule has 1 N–H and O–H groups in total. The zero-order chi connectivity index (χ0) is 12.1. The van der Waals surface area contributed by atoms with Crippen molar-refractivity contribution in [3.05, 3.63) is 0 Å². The van der Waals surface area contributed by atoms with Crippen LogP contribution in [0, 0.1) is 23.2 Å². The molecule has 0 radical (unpaired) electrons. The third-order valence-electron chi connectivity index (χ3n) is 4.32. The van der Waals surface area contributed by atoms with Gasteiger partial charge in [-0.15, -0.1) is 0 Å². The van der Waals surface area contributed by atoms with E-state index in [0.29, 0.717) is 6.04 Å². The summed E-state index contributed by atoms with van der Waals surface area (Å²) in [7, 11) is 2.21. The number of nitrogens with zero attached hydrogens (tertiary/aromatic N) is 2. The molecule has 3 unspecified atom stereocenters. The minimum atomic E-state index is 0.255. The fourth-order valence-electron chi connectivity index (χ4n) is 3.29. The van der Waals surface area contributed by atoms with Gasteiger partial charge in [0, 0.05) is 12.6 Å². The van der Waals surface area contributed by atoms with Gasteiger partial charge in [-0.2, -0.15) is 5.26 Å². The second-order valence-corrected chi connectivity index (χ2v) is 5.81.